The fourth-order valence-corrected chi connectivity index (χ4v) is 3.03. The first-order valence-electron chi connectivity index (χ1n) is 7.05. The molecule has 0 aliphatic heterocycles. The fraction of sp³-hybridized carbons (Fsp3) is 0.467. The third-order valence-electron chi connectivity index (χ3n) is 3.80. The Bertz CT molecular complexity index is 707. The molecule has 22 heavy (non-hydrogen) atoms. The van der Waals surface area contributed by atoms with Gasteiger partial charge in [0.15, 0.2) is 9.84 Å². The molecule has 0 heterocycles. The lowest BCUT2D eigenvalue weighted by Crippen LogP contribution is -2.17. The number of carboxylic acid groups (broad SMARTS) is 1. The summed E-state index contributed by atoms with van der Waals surface area (Å²) in [7, 11) is -3.56. The van der Waals surface area contributed by atoms with Crippen LogP contribution in [0.4, 0.5) is 5.69 Å². The maximum absolute atomic E-state index is 12.0. The summed E-state index contributed by atoms with van der Waals surface area (Å²) < 4.78 is 23.2. The average Bonchev–Trinajstić information content (AvgIpc) is 3.21. The van der Waals surface area contributed by atoms with Crippen LogP contribution in [0.15, 0.2) is 23.1 Å². The summed E-state index contributed by atoms with van der Waals surface area (Å²) in [5, 5.41) is 11.6. The highest BCUT2D eigenvalue weighted by molar-refractivity contribution is 7.90. The van der Waals surface area contributed by atoms with Gasteiger partial charge in [-0.25, -0.2) is 13.2 Å². The van der Waals surface area contributed by atoms with Crippen molar-refractivity contribution >= 4 is 27.4 Å². The number of rotatable bonds is 6. The molecule has 1 aromatic carbocycles. The number of amides is 1. The molecule has 0 saturated heterocycles. The van der Waals surface area contributed by atoms with Crippen LogP contribution in [-0.4, -0.2) is 31.7 Å². The van der Waals surface area contributed by atoms with Crippen molar-refractivity contribution in [1.29, 1.82) is 0 Å². The number of carbonyl (C=O) groups excluding carboxylic acids is 1. The lowest BCUT2D eigenvalue weighted by molar-refractivity contribution is -0.117. The monoisotopic (exact) mass is 325 g/mol. The first-order chi connectivity index (χ1) is 10.2. The molecule has 0 bridgehead atoms. The SMILES string of the molecule is CC(CC(=O)Nc1cc(C(=O)O)cc(S(C)(=O)=O)c1)C1CC1. The van der Waals surface area contributed by atoms with Gasteiger partial charge in [0.25, 0.3) is 0 Å². The molecule has 6 nitrogen and oxygen atoms in total. The summed E-state index contributed by atoms with van der Waals surface area (Å²) >= 11 is 0. The van der Waals surface area contributed by atoms with Crippen LogP contribution in [0.5, 0.6) is 0 Å². The number of sulfone groups is 1. The molecular formula is C15H19NO5S. The molecule has 7 heteroatoms. The number of benzene rings is 1. The van der Waals surface area contributed by atoms with E-state index in [1.807, 2.05) is 6.92 Å². The van der Waals surface area contributed by atoms with Crippen molar-refractivity contribution in [2.24, 2.45) is 11.8 Å². The highest BCUT2D eigenvalue weighted by atomic mass is 32.2. The molecule has 120 valence electrons. The lowest BCUT2D eigenvalue weighted by atomic mass is 10.0. The molecule has 1 aromatic rings. The quantitative estimate of drug-likeness (QED) is 0.834. The van der Waals surface area contributed by atoms with E-state index in [-0.39, 0.29) is 28.0 Å². The smallest absolute Gasteiger partial charge is 0.335 e. The highest BCUT2D eigenvalue weighted by Gasteiger charge is 2.29. The molecule has 2 N–H and O–H groups in total. The molecule has 1 saturated carbocycles. The van der Waals surface area contributed by atoms with Gasteiger partial charge >= 0.3 is 5.97 Å². The van der Waals surface area contributed by atoms with Gasteiger partial charge in [-0.15, -0.1) is 0 Å². The van der Waals surface area contributed by atoms with Gasteiger partial charge in [-0.05, 0) is 42.9 Å². The largest absolute Gasteiger partial charge is 0.478 e. The normalized spacial score (nSPS) is 16.1. The van der Waals surface area contributed by atoms with Gasteiger partial charge in [0.1, 0.15) is 0 Å². The van der Waals surface area contributed by atoms with E-state index >= 15 is 0 Å². The second kappa shape index (κ2) is 6.08. The molecule has 1 fully saturated rings. The Morgan fingerprint density at radius 1 is 1.32 bits per heavy atom. The summed E-state index contributed by atoms with van der Waals surface area (Å²) in [5.74, 6) is -0.617. The van der Waals surface area contributed by atoms with Crippen molar-refractivity contribution in [3.63, 3.8) is 0 Å². The summed E-state index contributed by atoms with van der Waals surface area (Å²) in [6.45, 7) is 2.01. The van der Waals surface area contributed by atoms with Crippen LogP contribution >= 0.6 is 0 Å². The van der Waals surface area contributed by atoms with Crippen LogP contribution in [-0.2, 0) is 14.6 Å². The molecular weight excluding hydrogens is 306 g/mol. The summed E-state index contributed by atoms with van der Waals surface area (Å²) in [5.41, 5.74) is 0.0155. The lowest BCUT2D eigenvalue weighted by Gasteiger charge is -2.12. The number of aromatic carboxylic acids is 1. The zero-order chi connectivity index (χ0) is 16.5. The number of hydrogen-bond donors (Lipinski definition) is 2. The van der Waals surface area contributed by atoms with E-state index in [9.17, 15) is 18.0 Å². The van der Waals surface area contributed by atoms with E-state index in [1.54, 1.807) is 0 Å². The molecule has 1 aliphatic carbocycles. The van der Waals surface area contributed by atoms with Gasteiger partial charge in [-0.1, -0.05) is 6.92 Å². The third-order valence-corrected chi connectivity index (χ3v) is 4.89. The Kier molecular flexibility index (Phi) is 4.55. The summed E-state index contributed by atoms with van der Waals surface area (Å²) in [6.07, 6.45) is 3.62. The van der Waals surface area contributed by atoms with Gasteiger partial charge in [0.2, 0.25) is 5.91 Å². The number of carboxylic acids is 1. The minimum Gasteiger partial charge on any atom is -0.478 e. The van der Waals surface area contributed by atoms with E-state index in [2.05, 4.69) is 5.32 Å². The van der Waals surface area contributed by atoms with Crippen LogP contribution in [0.1, 0.15) is 36.5 Å². The van der Waals surface area contributed by atoms with Crippen LogP contribution in [0.3, 0.4) is 0 Å². The summed E-state index contributed by atoms with van der Waals surface area (Å²) in [4.78, 5) is 22.9. The van der Waals surface area contributed by atoms with Crippen molar-refractivity contribution in [3.05, 3.63) is 23.8 Å². The van der Waals surface area contributed by atoms with Crippen molar-refractivity contribution in [2.45, 2.75) is 31.1 Å². The standard InChI is InChI=1S/C15H19NO5S/c1-9(10-3-4-10)5-14(17)16-12-6-11(15(18)19)7-13(8-12)22(2,20)21/h6-10H,3-5H2,1-2H3,(H,16,17)(H,18,19). The van der Waals surface area contributed by atoms with Crippen molar-refractivity contribution in [3.8, 4) is 0 Å². The Hall–Kier alpha value is -1.89. The first kappa shape index (κ1) is 16.5. The molecule has 0 radical (unpaired) electrons. The van der Waals surface area contributed by atoms with E-state index in [1.165, 1.54) is 12.1 Å². The molecule has 1 atom stereocenters. The van der Waals surface area contributed by atoms with E-state index < -0.39 is 15.8 Å². The molecule has 2 rings (SSSR count). The highest BCUT2D eigenvalue weighted by Crippen LogP contribution is 2.38. The maximum atomic E-state index is 12.0. The Labute approximate surface area is 129 Å². The van der Waals surface area contributed by atoms with Gasteiger partial charge in [-0.3, -0.25) is 4.79 Å². The van der Waals surface area contributed by atoms with Gasteiger partial charge in [0.05, 0.1) is 10.5 Å². The van der Waals surface area contributed by atoms with E-state index in [4.69, 9.17) is 5.11 Å². The van der Waals surface area contributed by atoms with Crippen LogP contribution in [0.2, 0.25) is 0 Å². The predicted molar refractivity (Wildman–Crippen MR) is 81.6 cm³/mol. The van der Waals surface area contributed by atoms with Gasteiger partial charge in [0, 0.05) is 18.4 Å². The number of carbonyl (C=O) groups is 2. The molecule has 1 aliphatic rings. The zero-order valence-electron chi connectivity index (χ0n) is 12.5. The van der Waals surface area contributed by atoms with E-state index in [0.29, 0.717) is 12.3 Å². The number of hydrogen-bond acceptors (Lipinski definition) is 4. The van der Waals surface area contributed by atoms with Crippen molar-refractivity contribution in [2.75, 3.05) is 11.6 Å². The third kappa shape index (κ3) is 4.30. The summed E-state index contributed by atoms with van der Waals surface area (Å²) in [6, 6.07) is 3.62. The van der Waals surface area contributed by atoms with Gasteiger partial charge < -0.3 is 10.4 Å². The molecule has 0 spiro atoms. The van der Waals surface area contributed by atoms with Crippen LogP contribution < -0.4 is 5.32 Å². The van der Waals surface area contributed by atoms with Crippen LogP contribution in [0.25, 0.3) is 0 Å². The second-order valence-corrected chi connectivity index (χ2v) is 7.91. The fourth-order valence-electron chi connectivity index (χ4n) is 2.35. The Morgan fingerprint density at radius 3 is 2.45 bits per heavy atom. The first-order valence-corrected chi connectivity index (χ1v) is 8.94. The minimum atomic E-state index is -3.56. The van der Waals surface area contributed by atoms with E-state index in [0.717, 1.165) is 25.2 Å². The molecule has 1 unspecified atom stereocenters. The Balaban J connectivity index is 2.20. The molecule has 0 aromatic heterocycles. The number of nitrogens with one attached hydrogen (secondary N) is 1. The molecule has 1 amide bonds. The predicted octanol–water partition coefficient (Wildman–Crippen LogP) is 2.16. The second-order valence-electron chi connectivity index (χ2n) is 5.89. The number of anilines is 1. The van der Waals surface area contributed by atoms with Crippen molar-refractivity contribution in [1.82, 2.24) is 0 Å². The Morgan fingerprint density at radius 2 is 1.95 bits per heavy atom. The average molecular weight is 325 g/mol. The van der Waals surface area contributed by atoms with Crippen LogP contribution in [0, 0.1) is 11.8 Å². The topological polar surface area (TPSA) is 101 Å². The minimum absolute atomic E-state index is 0.127. The van der Waals surface area contributed by atoms with Gasteiger partial charge in [-0.2, -0.15) is 0 Å². The maximum Gasteiger partial charge on any atom is 0.335 e. The van der Waals surface area contributed by atoms with Crippen molar-refractivity contribution < 1.29 is 23.1 Å². The zero-order valence-corrected chi connectivity index (χ0v) is 13.3.